The standard InChI is InChI=1S/C16H18BrF2N3S/c1-10-15(2,6-3-7-20)23-14(21)22-16(10,9-18)12-8-11(17)4-5-13(12)19/h4-5,8,10H,3,6,9H2,1-2H3,(H2,21,22)/t10-,15-,16+/m1/s1. The van der Waals surface area contributed by atoms with Crippen LogP contribution in [0.5, 0.6) is 0 Å². The van der Waals surface area contributed by atoms with Crippen LogP contribution in [-0.4, -0.2) is 16.6 Å². The summed E-state index contributed by atoms with van der Waals surface area (Å²) in [7, 11) is 0. The molecular weight excluding hydrogens is 384 g/mol. The third-order valence-electron chi connectivity index (χ3n) is 4.61. The van der Waals surface area contributed by atoms with Gasteiger partial charge in [-0.1, -0.05) is 34.6 Å². The molecule has 1 aliphatic rings. The van der Waals surface area contributed by atoms with Gasteiger partial charge in [-0.15, -0.1) is 0 Å². The number of hydrogen-bond acceptors (Lipinski definition) is 4. The molecule has 1 aromatic carbocycles. The minimum absolute atomic E-state index is 0.188. The van der Waals surface area contributed by atoms with Crippen molar-refractivity contribution in [2.75, 3.05) is 6.67 Å². The molecule has 1 heterocycles. The Bertz CT molecular complexity index is 676. The highest BCUT2D eigenvalue weighted by Gasteiger charge is 2.52. The van der Waals surface area contributed by atoms with Crippen LogP contribution in [0.25, 0.3) is 0 Å². The molecule has 2 N–H and O–H groups in total. The van der Waals surface area contributed by atoms with Crippen molar-refractivity contribution in [1.82, 2.24) is 0 Å². The molecule has 0 unspecified atom stereocenters. The summed E-state index contributed by atoms with van der Waals surface area (Å²) in [5.41, 5.74) is 4.76. The van der Waals surface area contributed by atoms with Crippen LogP contribution in [0, 0.1) is 23.1 Å². The highest BCUT2D eigenvalue weighted by Crippen LogP contribution is 2.52. The number of alkyl halides is 1. The van der Waals surface area contributed by atoms with Crippen molar-refractivity contribution in [3.05, 3.63) is 34.1 Å². The number of benzene rings is 1. The number of halogens is 3. The van der Waals surface area contributed by atoms with Crippen LogP contribution in [0.4, 0.5) is 8.78 Å². The van der Waals surface area contributed by atoms with Gasteiger partial charge in [0.25, 0.3) is 0 Å². The number of thioether (sulfide) groups is 1. The predicted octanol–water partition coefficient (Wildman–Crippen LogP) is 4.51. The van der Waals surface area contributed by atoms with Gasteiger partial charge in [0.1, 0.15) is 18.0 Å². The first-order valence-electron chi connectivity index (χ1n) is 7.22. The van der Waals surface area contributed by atoms with Crippen LogP contribution in [-0.2, 0) is 5.54 Å². The number of nitriles is 1. The molecule has 7 heteroatoms. The molecule has 0 radical (unpaired) electrons. The number of nitrogens with zero attached hydrogens (tertiary/aromatic N) is 2. The zero-order chi connectivity index (χ0) is 17.3. The van der Waals surface area contributed by atoms with E-state index in [1.165, 1.54) is 17.8 Å². The van der Waals surface area contributed by atoms with E-state index in [0.717, 1.165) is 0 Å². The van der Waals surface area contributed by atoms with Crippen LogP contribution in [0.15, 0.2) is 27.7 Å². The van der Waals surface area contributed by atoms with E-state index in [4.69, 9.17) is 11.0 Å². The predicted molar refractivity (Wildman–Crippen MR) is 93.4 cm³/mol. The number of hydrogen-bond donors (Lipinski definition) is 1. The molecule has 0 aromatic heterocycles. The van der Waals surface area contributed by atoms with E-state index in [2.05, 4.69) is 27.0 Å². The van der Waals surface area contributed by atoms with Crippen molar-refractivity contribution in [2.45, 2.75) is 37.0 Å². The van der Waals surface area contributed by atoms with Crippen molar-refractivity contribution in [3.63, 3.8) is 0 Å². The van der Waals surface area contributed by atoms with Gasteiger partial charge < -0.3 is 5.73 Å². The summed E-state index contributed by atoms with van der Waals surface area (Å²) in [5.74, 6) is -0.849. The highest BCUT2D eigenvalue weighted by molar-refractivity contribution is 9.10. The van der Waals surface area contributed by atoms with E-state index >= 15 is 0 Å². The fourth-order valence-electron chi connectivity index (χ4n) is 3.06. The Morgan fingerprint density at radius 2 is 2.22 bits per heavy atom. The Morgan fingerprint density at radius 1 is 1.52 bits per heavy atom. The fraction of sp³-hybridized carbons (Fsp3) is 0.500. The van der Waals surface area contributed by atoms with Crippen molar-refractivity contribution >= 4 is 32.9 Å². The van der Waals surface area contributed by atoms with Gasteiger partial charge in [0.05, 0.1) is 6.07 Å². The van der Waals surface area contributed by atoms with E-state index in [1.54, 1.807) is 12.1 Å². The average molecular weight is 402 g/mol. The summed E-state index contributed by atoms with van der Waals surface area (Å²) in [6.45, 7) is 2.92. The van der Waals surface area contributed by atoms with Crippen molar-refractivity contribution in [2.24, 2.45) is 16.6 Å². The van der Waals surface area contributed by atoms with Gasteiger partial charge in [0, 0.05) is 27.1 Å². The zero-order valence-electron chi connectivity index (χ0n) is 12.9. The van der Waals surface area contributed by atoms with E-state index in [0.29, 0.717) is 17.3 Å². The molecule has 1 aliphatic heterocycles. The Hall–Kier alpha value is -1.13. The lowest BCUT2D eigenvalue weighted by Crippen LogP contribution is -2.51. The van der Waals surface area contributed by atoms with Crippen molar-refractivity contribution < 1.29 is 8.78 Å². The average Bonchev–Trinajstić information content (AvgIpc) is 2.51. The maximum Gasteiger partial charge on any atom is 0.155 e. The minimum Gasteiger partial charge on any atom is -0.378 e. The molecule has 0 amide bonds. The Morgan fingerprint density at radius 3 is 2.83 bits per heavy atom. The molecule has 0 fully saturated rings. The molecular formula is C16H18BrF2N3S. The van der Waals surface area contributed by atoms with Crippen molar-refractivity contribution in [1.29, 1.82) is 5.26 Å². The first-order valence-corrected chi connectivity index (χ1v) is 8.83. The summed E-state index contributed by atoms with van der Waals surface area (Å²) in [4.78, 5) is 4.33. The van der Waals surface area contributed by atoms with Crippen LogP contribution in [0.1, 0.15) is 32.3 Å². The summed E-state index contributed by atoms with van der Waals surface area (Å²) in [5, 5.41) is 9.11. The van der Waals surface area contributed by atoms with Crippen LogP contribution in [0.2, 0.25) is 0 Å². The Kier molecular flexibility index (Phi) is 5.37. The lowest BCUT2D eigenvalue weighted by Gasteiger charge is -2.47. The molecule has 3 nitrogen and oxygen atoms in total. The van der Waals surface area contributed by atoms with Gasteiger partial charge in [0.2, 0.25) is 0 Å². The van der Waals surface area contributed by atoms with Gasteiger partial charge in [-0.3, -0.25) is 0 Å². The maximum atomic E-state index is 14.4. The molecule has 2 rings (SSSR count). The first kappa shape index (κ1) is 18.2. The van der Waals surface area contributed by atoms with E-state index in [9.17, 15) is 8.78 Å². The summed E-state index contributed by atoms with van der Waals surface area (Å²) < 4.78 is 28.8. The SMILES string of the molecule is C[C@@H]1[C@@](C)(CCC#N)SC(N)=N[C@]1(CF)c1cc(Br)ccc1F. The largest absolute Gasteiger partial charge is 0.378 e. The van der Waals surface area contributed by atoms with Crippen LogP contribution >= 0.6 is 27.7 Å². The normalized spacial score (nSPS) is 30.6. The summed E-state index contributed by atoms with van der Waals surface area (Å²) >= 11 is 4.64. The van der Waals surface area contributed by atoms with Gasteiger partial charge in [-0.2, -0.15) is 5.26 Å². The highest BCUT2D eigenvalue weighted by atomic mass is 79.9. The lowest BCUT2D eigenvalue weighted by molar-refractivity contribution is 0.178. The second-order valence-electron chi connectivity index (χ2n) is 5.93. The molecule has 1 aromatic rings. The molecule has 3 atom stereocenters. The molecule has 0 aliphatic carbocycles. The van der Waals surface area contributed by atoms with E-state index in [-0.39, 0.29) is 16.6 Å². The zero-order valence-corrected chi connectivity index (χ0v) is 15.3. The maximum absolute atomic E-state index is 14.4. The first-order chi connectivity index (χ1) is 10.8. The lowest BCUT2D eigenvalue weighted by atomic mass is 9.72. The molecule has 23 heavy (non-hydrogen) atoms. The second-order valence-corrected chi connectivity index (χ2v) is 8.40. The Balaban J connectivity index is 2.62. The van der Waals surface area contributed by atoms with Gasteiger partial charge in [-0.25, -0.2) is 13.8 Å². The quantitative estimate of drug-likeness (QED) is 0.806. The smallest absolute Gasteiger partial charge is 0.155 e. The summed E-state index contributed by atoms with van der Waals surface area (Å²) in [6, 6.07) is 6.53. The number of nitrogens with two attached hydrogens (primary N) is 1. The number of aliphatic imine (C=N–C) groups is 1. The third kappa shape index (κ3) is 3.24. The van der Waals surface area contributed by atoms with Crippen LogP contribution < -0.4 is 5.73 Å². The van der Waals surface area contributed by atoms with Gasteiger partial charge in [-0.05, 0) is 31.5 Å². The molecule has 0 bridgehead atoms. The summed E-state index contributed by atoms with van der Waals surface area (Å²) in [6.07, 6.45) is 0.855. The van der Waals surface area contributed by atoms with E-state index in [1.807, 2.05) is 13.8 Å². The fourth-order valence-corrected chi connectivity index (χ4v) is 4.68. The number of amidine groups is 1. The van der Waals surface area contributed by atoms with E-state index < -0.39 is 22.8 Å². The molecule has 0 spiro atoms. The van der Waals surface area contributed by atoms with Crippen molar-refractivity contribution in [3.8, 4) is 6.07 Å². The molecule has 0 saturated heterocycles. The second kappa shape index (κ2) is 6.78. The minimum atomic E-state index is -1.38. The Labute approximate surface area is 147 Å². The van der Waals surface area contributed by atoms with Gasteiger partial charge in [0.15, 0.2) is 5.17 Å². The topological polar surface area (TPSA) is 62.2 Å². The monoisotopic (exact) mass is 401 g/mol. The molecule has 0 saturated carbocycles. The van der Waals surface area contributed by atoms with Crippen LogP contribution in [0.3, 0.4) is 0 Å². The third-order valence-corrected chi connectivity index (χ3v) is 6.43. The molecule has 124 valence electrons. The van der Waals surface area contributed by atoms with Gasteiger partial charge >= 0.3 is 0 Å². The number of rotatable bonds is 4.